The maximum Gasteiger partial charge on any atom is 0.319 e. The Labute approximate surface area is 713 Å². The van der Waals surface area contributed by atoms with Gasteiger partial charge in [-0.25, -0.2) is 50.3 Å². The molecule has 0 aliphatic carbocycles. The maximum atomic E-state index is 12.6. The maximum absolute atomic E-state index is 12.6. The van der Waals surface area contributed by atoms with Gasteiger partial charge in [0.05, 0.1) is 54.2 Å². The number of carbonyl (C=O) groups excluding carboxylic acids is 9. The molecule has 12 rings (SSSR count). The summed E-state index contributed by atoms with van der Waals surface area (Å²) in [6, 6.07) is 67.4. The number of urea groups is 1. The van der Waals surface area contributed by atoms with Crippen LogP contribution in [0.4, 0.5) is 10.5 Å². The van der Waals surface area contributed by atoms with Crippen molar-refractivity contribution in [3.63, 3.8) is 0 Å². The third-order valence-corrected chi connectivity index (χ3v) is 20.4. The molecule has 0 fully saturated rings. The van der Waals surface area contributed by atoms with Crippen LogP contribution in [-0.4, -0.2) is 110 Å². The fourth-order valence-electron chi connectivity index (χ4n) is 12.0. The first-order valence-electron chi connectivity index (χ1n) is 38.2. The number of halogens is 1. The molecular weight excluding hydrogens is 1620 g/mol. The van der Waals surface area contributed by atoms with Gasteiger partial charge >= 0.3 is 6.03 Å². The normalized spacial score (nSPS) is 11.9. The van der Waals surface area contributed by atoms with Crippen molar-refractivity contribution in [2.24, 2.45) is 5.92 Å². The molecule has 0 spiro atoms. The van der Waals surface area contributed by atoms with E-state index >= 15 is 0 Å². The third kappa shape index (κ3) is 28.2. The lowest BCUT2D eigenvalue weighted by Crippen LogP contribution is -2.31. The highest BCUT2D eigenvalue weighted by atomic mass is 35.5. The van der Waals surface area contributed by atoms with Crippen LogP contribution in [0.15, 0.2) is 259 Å². The number of ether oxygens (including phenoxy) is 2. The summed E-state index contributed by atoms with van der Waals surface area (Å²) in [6.45, 7) is 13.0. The van der Waals surface area contributed by atoms with Crippen molar-refractivity contribution < 1.29 is 91.5 Å². The second kappa shape index (κ2) is 46.4. The van der Waals surface area contributed by atoms with E-state index in [4.69, 9.17) is 51.5 Å². The number of furan rings is 1. The number of rotatable bonds is 27. The number of amides is 10. The minimum Gasteiger partial charge on any atom is -0.496 e. The third-order valence-electron chi connectivity index (χ3n) is 18.5. The van der Waals surface area contributed by atoms with Crippen molar-refractivity contribution in [1.29, 1.82) is 0 Å². The van der Waals surface area contributed by atoms with E-state index in [0.29, 0.717) is 73.4 Å². The summed E-state index contributed by atoms with van der Waals surface area (Å²) in [6.07, 6.45) is 4.06. The summed E-state index contributed by atoms with van der Waals surface area (Å²) in [4.78, 5) is 111. The molecule has 3 aromatic heterocycles. The van der Waals surface area contributed by atoms with Crippen molar-refractivity contribution in [2.75, 3.05) is 18.2 Å². The summed E-state index contributed by atoms with van der Waals surface area (Å²) in [7, 11) is -1.71. The molecule has 0 bridgehead atoms. The van der Waals surface area contributed by atoms with Crippen LogP contribution in [0.25, 0.3) is 16.6 Å². The Bertz CT molecular complexity index is 5660. The van der Waals surface area contributed by atoms with Gasteiger partial charge in [-0.15, -0.1) is 0 Å². The van der Waals surface area contributed by atoms with Crippen molar-refractivity contribution in [3.8, 4) is 17.2 Å². The van der Waals surface area contributed by atoms with Crippen LogP contribution >= 0.6 is 11.6 Å². The Morgan fingerprint density at radius 2 is 0.902 bits per heavy atom. The lowest BCUT2D eigenvalue weighted by Gasteiger charge is -2.22. The minimum atomic E-state index is -3.28. The number of methoxy groups -OCH3 is 1. The molecule has 10 amide bonds. The summed E-state index contributed by atoms with van der Waals surface area (Å²) in [5.41, 5.74) is 16.5. The highest BCUT2D eigenvalue weighted by Gasteiger charge is 2.24. The average molecular weight is 1720 g/mol. The molecule has 0 radical (unpaired) electrons. The molecule has 34 heteroatoms. The van der Waals surface area contributed by atoms with Gasteiger partial charge in [0.1, 0.15) is 28.4 Å². The number of anilines is 1. The number of sulfonamides is 1. The highest BCUT2D eigenvalue weighted by molar-refractivity contribution is 7.89. The van der Waals surface area contributed by atoms with E-state index in [9.17, 15) is 51.6 Å². The van der Waals surface area contributed by atoms with Crippen LogP contribution in [0.2, 0.25) is 5.02 Å². The summed E-state index contributed by atoms with van der Waals surface area (Å²) in [5.74, 6) is -1.33. The Kier molecular flexibility index (Phi) is 35.6. The number of hydrogen-bond acceptors (Lipinski definition) is 20. The minimum absolute atomic E-state index is 0.0857. The first-order valence-corrected chi connectivity index (χ1v) is 40.3. The first-order chi connectivity index (χ1) is 59.0. The van der Waals surface area contributed by atoms with Gasteiger partial charge in [0.2, 0.25) is 15.9 Å². The number of fused-ring (bicyclic) bond motifs is 2. The van der Waals surface area contributed by atoms with Gasteiger partial charge in [0.15, 0.2) is 11.5 Å². The molecule has 9 aromatic carbocycles. The van der Waals surface area contributed by atoms with Gasteiger partial charge < -0.3 is 44.9 Å². The number of hydrogen-bond donors (Lipinski definition) is 16. The molecule has 0 aliphatic rings. The van der Waals surface area contributed by atoms with Crippen molar-refractivity contribution in [2.45, 2.75) is 91.5 Å². The Balaban J connectivity index is 0.000000192. The van der Waals surface area contributed by atoms with Crippen LogP contribution in [0, 0.1) is 5.92 Å². The highest BCUT2D eigenvalue weighted by Crippen LogP contribution is 2.31. The largest absolute Gasteiger partial charge is 0.496 e. The van der Waals surface area contributed by atoms with Crippen LogP contribution in [-0.2, 0) is 21.2 Å². The van der Waals surface area contributed by atoms with Gasteiger partial charge in [-0.1, -0.05) is 160 Å². The predicted molar refractivity (Wildman–Crippen MR) is 458 cm³/mol. The van der Waals surface area contributed by atoms with Crippen LogP contribution < -0.4 is 68.2 Å². The zero-order valence-electron chi connectivity index (χ0n) is 68.0. The fraction of sp³-hybridized carbons (Fsp3) is 0.191. The Hall–Kier alpha value is -14.2. The van der Waals surface area contributed by atoms with E-state index < -0.39 is 45.6 Å². The van der Waals surface area contributed by atoms with E-state index in [2.05, 4.69) is 36.3 Å². The SMILES string of the molecule is CC(C)C(NC(=O)c1cc2ccccc2o1)c1ccc(C(=O)NO)cc1.CC(NC(=O)Nc1ccccc1Oc1ccccc1)c1ccc(C(=O)NO)cc1.CC(NC(=O)c1cn2cc(Cl)ccc2n1)c1ccc(C(=O)NO)cc1.CCCS(=O)(=O)NC(C)c1ccc(C(=O)NO)cc1.COc1ccccc1CC(=O)NC(C)c1ccc(C(=O)NO)cc1. The first kappa shape index (κ1) is 94.3. The number of hydroxylamine groups is 5. The summed E-state index contributed by atoms with van der Waals surface area (Å²) in [5, 5.41) is 58.9. The summed E-state index contributed by atoms with van der Waals surface area (Å²) >= 11 is 5.92. The molecule has 0 saturated carbocycles. The molecule has 5 unspecified atom stereocenters. The van der Waals surface area contributed by atoms with Gasteiger partial charge in [-0.3, -0.25) is 64.4 Å². The van der Waals surface area contributed by atoms with E-state index in [-0.39, 0.29) is 77.5 Å². The summed E-state index contributed by atoms with van der Waals surface area (Å²) < 4.78 is 44.2. The standard InChI is InChI=1S/C22H21N3O4.C20H20N2O4.C18H20N2O4.C17H15ClN4O3.C12H18N2O4S/c1-15(16-11-13-17(14-12-16)21(26)25-28)23-22(27)24-19-9-5-6-10-20(19)29-18-7-3-2-4-8-18;1-12(2)18(13-7-9-14(10-8-13)19(23)22-25)21-20(24)17-11-15-5-3-4-6-16(15)26-17;1-12(13-7-9-14(10-8-13)18(22)20-23)19-17(21)11-15-5-3-4-6-16(15)24-2;1-10(11-2-4-12(5-3-11)16(23)21-25)19-17(24)14-9-22-8-13(18)6-7-15(22)20-14;1-3-8-19(17,18)14-9(2)10-4-6-11(7-5-10)12(15)13-16/h2-15,28H,1H3,(H,25,26)(H2,23,24,27);3-12,18,25H,1-2H3,(H,21,24)(H,22,23);3-10,12,23H,11H2,1-2H3,(H,19,21)(H,20,22);2-10,25H,1H3,(H,19,24)(H,21,23);4-7,9,14,16H,3,8H2,1-2H3,(H,13,15). The monoisotopic (exact) mass is 1720 g/mol. The van der Waals surface area contributed by atoms with Gasteiger partial charge in [0.25, 0.3) is 41.4 Å². The second-order valence-corrected chi connectivity index (χ2v) is 30.1. The number of imidazole rings is 1. The number of pyridine rings is 1. The van der Waals surface area contributed by atoms with Crippen molar-refractivity contribution in [3.05, 3.63) is 333 Å². The number of aromatic nitrogens is 2. The molecular formula is C89H94ClN13O19S. The van der Waals surface area contributed by atoms with Gasteiger partial charge in [-0.05, 0) is 183 Å². The number of carbonyl (C=O) groups is 9. The van der Waals surface area contributed by atoms with E-state index in [0.717, 1.165) is 38.8 Å². The Morgan fingerprint density at radius 3 is 1.38 bits per heavy atom. The average Bonchev–Trinajstić information content (AvgIpc) is 1.69. The molecule has 16 N–H and O–H groups in total. The smallest absolute Gasteiger partial charge is 0.319 e. The van der Waals surface area contributed by atoms with Crippen LogP contribution in [0.1, 0.15) is 191 Å². The molecule has 32 nitrogen and oxygen atoms in total. The number of para-hydroxylation sites is 5. The molecule has 642 valence electrons. The van der Waals surface area contributed by atoms with Crippen molar-refractivity contribution in [1.82, 2.24) is 62.8 Å². The molecule has 12 aromatic rings. The lowest BCUT2D eigenvalue weighted by molar-refractivity contribution is -0.121. The van der Waals surface area contributed by atoms with Crippen LogP contribution in [0.5, 0.6) is 17.2 Å². The fourth-order valence-corrected chi connectivity index (χ4v) is 13.5. The zero-order chi connectivity index (χ0) is 89.3. The van der Waals surface area contributed by atoms with E-state index in [1.54, 1.807) is 199 Å². The second-order valence-electron chi connectivity index (χ2n) is 27.8. The quantitative estimate of drug-likeness (QED) is 0.0168. The van der Waals surface area contributed by atoms with E-state index in [1.165, 1.54) is 17.6 Å². The van der Waals surface area contributed by atoms with Gasteiger partial charge in [-0.2, -0.15) is 0 Å². The number of benzene rings is 9. The molecule has 123 heavy (non-hydrogen) atoms. The predicted octanol–water partition coefficient (Wildman–Crippen LogP) is 14.2. The molecule has 0 aliphatic heterocycles. The molecule has 3 heterocycles. The molecule has 5 atom stereocenters. The zero-order valence-corrected chi connectivity index (χ0v) is 69.5. The number of nitrogens with zero attached hydrogens (tertiary/aromatic N) is 2. The Morgan fingerprint density at radius 1 is 0.463 bits per heavy atom. The molecule has 0 saturated heterocycles. The van der Waals surface area contributed by atoms with Crippen LogP contribution in [0.3, 0.4) is 0 Å². The van der Waals surface area contributed by atoms with Crippen molar-refractivity contribution >= 4 is 97.2 Å². The number of nitrogens with one attached hydrogen (secondary N) is 11. The van der Waals surface area contributed by atoms with Gasteiger partial charge in [0, 0.05) is 57.2 Å². The van der Waals surface area contributed by atoms with E-state index in [1.807, 2.05) is 126 Å². The topological polar surface area (TPSA) is 470 Å². The lowest BCUT2D eigenvalue weighted by atomic mass is 9.95.